The Morgan fingerprint density at radius 1 is 1.00 bits per heavy atom. The SMILES string of the molecule is COc1ccc(C23CC=C(OP(=O)(OCOC(=O)C(C)C)OCOC(=O)C(C)C)CC2N(C)CC3)cc1OC. The van der Waals surface area contributed by atoms with Crippen LogP contribution in [0, 0.1) is 11.8 Å². The molecule has 1 aromatic rings. The molecule has 12 heteroatoms. The van der Waals surface area contributed by atoms with Crippen LogP contribution >= 0.6 is 7.82 Å². The van der Waals surface area contributed by atoms with Crippen LogP contribution in [0.15, 0.2) is 30.0 Å². The maximum Gasteiger partial charge on any atom is 0.535 e. The normalized spacial score (nSPS) is 21.4. The van der Waals surface area contributed by atoms with Gasteiger partial charge in [-0.15, -0.1) is 0 Å². The number of hydrogen-bond donors (Lipinski definition) is 0. The zero-order chi connectivity index (χ0) is 28.8. The molecule has 1 saturated heterocycles. The molecule has 0 N–H and O–H groups in total. The summed E-state index contributed by atoms with van der Waals surface area (Å²) >= 11 is 0. The van der Waals surface area contributed by atoms with E-state index in [4.69, 9.17) is 32.5 Å². The van der Waals surface area contributed by atoms with Gasteiger partial charge in [0.25, 0.3) is 0 Å². The van der Waals surface area contributed by atoms with E-state index in [0.717, 1.165) is 18.5 Å². The van der Waals surface area contributed by atoms with Crippen LogP contribution in [0.5, 0.6) is 11.5 Å². The summed E-state index contributed by atoms with van der Waals surface area (Å²) in [4.78, 5) is 25.9. The number of phosphoric acid groups is 1. The highest BCUT2D eigenvalue weighted by molar-refractivity contribution is 7.48. The van der Waals surface area contributed by atoms with Crippen LogP contribution in [0.25, 0.3) is 0 Å². The molecule has 0 aromatic heterocycles. The molecule has 0 bridgehead atoms. The van der Waals surface area contributed by atoms with E-state index in [1.165, 1.54) is 0 Å². The number of likely N-dealkylation sites (N-methyl/N-ethyl adjacent to an activating group) is 1. The number of carbonyl (C=O) groups excluding carboxylic acids is 2. The Balaban J connectivity index is 1.80. The summed E-state index contributed by atoms with van der Waals surface area (Å²) in [6.45, 7) is 6.23. The maximum absolute atomic E-state index is 13.5. The van der Waals surface area contributed by atoms with E-state index in [2.05, 4.69) is 11.0 Å². The quantitative estimate of drug-likeness (QED) is 0.185. The molecule has 1 aliphatic carbocycles. The Hall–Kier alpha value is -2.59. The van der Waals surface area contributed by atoms with Crippen molar-refractivity contribution in [2.75, 3.05) is 41.4 Å². The summed E-state index contributed by atoms with van der Waals surface area (Å²) in [6, 6.07) is 5.99. The van der Waals surface area contributed by atoms with Crippen molar-refractivity contribution >= 4 is 19.8 Å². The van der Waals surface area contributed by atoms with E-state index < -0.39 is 45.2 Å². The van der Waals surface area contributed by atoms with E-state index in [0.29, 0.717) is 30.1 Å². The summed E-state index contributed by atoms with van der Waals surface area (Å²) in [5.74, 6) is -0.132. The fraction of sp³-hybridized carbons (Fsp3) is 0.630. The number of phosphoric ester groups is 1. The van der Waals surface area contributed by atoms with Gasteiger partial charge in [-0.1, -0.05) is 33.8 Å². The Kier molecular flexibility index (Phi) is 10.5. The van der Waals surface area contributed by atoms with E-state index in [-0.39, 0.29) is 11.5 Å². The van der Waals surface area contributed by atoms with Crippen LogP contribution < -0.4 is 9.47 Å². The Bertz CT molecular complexity index is 1070. The van der Waals surface area contributed by atoms with Crippen molar-refractivity contribution in [3.63, 3.8) is 0 Å². The van der Waals surface area contributed by atoms with E-state index in [1.54, 1.807) is 41.9 Å². The molecule has 2 aliphatic rings. The molecule has 0 spiro atoms. The fourth-order valence-electron chi connectivity index (χ4n) is 4.82. The highest BCUT2D eigenvalue weighted by Gasteiger charge is 2.50. The lowest BCUT2D eigenvalue weighted by Crippen LogP contribution is -2.43. The minimum atomic E-state index is -4.31. The molecule has 1 heterocycles. The molecular formula is C27H40NO10P. The second-order valence-electron chi connectivity index (χ2n) is 10.3. The lowest BCUT2D eigenvalue weighted by atomic mass is 9.68. The standard InChI is InChI=1S/C27H40NO10P/c1-18(2)25(29)34-16-36-39(31,37-17-35-26(30)19(3)4)38-21-10-11-27(12-13-28(5)24(27)15-21)20-8-9-22(32-6)23(14-20)33-7/h8-10,14,18-19,24H,11-13,15-17H2,1-7H3. The minimum absolute atomic E-state index is 0.0292. The third kappa shape index (κ3) is 7.33. The topological polar surface area (TPSA) is 119 Å². The first-order valence-electron chi connectivity index (χ1n) is 13.0. The molecule has 2 atom stereocenters. The Morgan fingerprint density at radius 2 is 1.59 bits per heavy atom. The van der Waals surface area contributed by atoms with Gasteiger partial charge in [0, 0.05) is 17.9 Å². The number of esters is 2. The number of benzene rings is 1. The number of ether oxygens (including phenoxy) is 4. The molecular weight excluding hydrogens is 529 g/mol. The minimum Gasteiger partial charge on any atom is -0.493 e. The zero-order valence-corrected chi connectivity index (χ0v) is 24.7. The molecule has 1 aromatic carbocycles. The van der Waals surface area contributed by atoms with Crippen molar-refractivity contribution in [1.29, 1.82) is 0 Å². The van der Waals surface area contributed by atoms with Gasteiger partial charge in [0.2, 0.25) is 13.6 Å². The number of likely N-dealkylation sites (tertiary alicyclic amines) is 1. The van der Waals surface area contributed by atoms with Gasteiger partial charge in [0.1, 0.15) is 5.76 Å². The van der Waals surface area contributed by atoms with Gasteiger partial charge in [-0.3, -0.25) is 9.59 Å². The van der Waals surface area contributed by atoms with Gasteiger partial charge >= 0.3 is 19.8 Å². The van der Waals surface area contributed by atoms with Crippen molar-refractivity contribution in [1.82, 2.24) is 4.90 Å². The number of hydrogen-bond acceptors (Lipinski definition) is 11. The summed E-state index contributed by atoms with van der Waals surface area (Å²) in [5.41, 5.74) is 0.897. The molecule has 218 valence electrons. The van der Waals surface area contributed by atoms with Crippen LogP contribution in [0.1, 0.15) is 52.5 Å². The lowest BCUT2D eigenvalue weighted by molar-refractivity contribution is -0.157. The number of methoxy groups -OCH3 is 2. The molecule has 2 unspecified atom stereocenters. The molecule has 0 saturated carbocycles. The van der Waals surface area contributed by atoms with Crippen LogP contribution in [-0.2, 0) is 42.6 Å². The average molecular weight is 570 g/mol. The summed E-state index contributed by atoms with van der Waals surface area (Å²) in [6.07, 6.45) is 3.83. The average Bonchev–Trinajstić information content (AvgIpc) is 3.24. The van der Waals surface area contributed by atoms with E-state index in [1.807, 2.05) is 25.3 Å². The van der Waals surface area contributed by atoms with Crippen LogP contribution in [0.3, 0.4) is 0 Å². The van der Waals surface area contributed by atoms with Crippen LogP contribution in [-0.4, -0.2) is 64.3 Å². The molecule has 11 nitrogen and oxygen atoms in total. The summed E-state index contributed by atoms with van der Waals surface area (Å²) in [5, 5.41) is 0. The van der Waals surface area contributed by atoms with E-state index >= 15 is 0 Å². The second-order valence-corrected chi connectivity index (χ2v) is 11.9. The smallest absolute Gasteiger partial charge is 0.493 e. The first-order valence-corrected chi connectivity index (χ1v) is 14.4. The molecule has 1 aliphatic heterocycles. The first kappa shape index (κ1) is 30.9. The van der Waals surface area contributed by atoms with Gasteiger partial charge in [-0.25, -0.2) is 13.6 Å². The molecule has 0 radical (unpaired) electrons. The Labute approximate surface area is 230 Å². The van der Waals surface area contributed by atoms with Crippen molar-refractivity contribution in [2.45, 2.75) is 58.4 Å². The lowest BCUT2D eigenvalue weighted by Gasteiger charge is -2.41. The third-order valence-electron chi connectivity index (χ3n) is 7.12. The summed E-state index contributed by atoms with van der Waals surface area (Å²) in [7, 11) is 0.941. The highest BCUT2D eigenvalue weighted by Crippen LogP contribution is 2.55. The van der Waals surface area contributed by atoms with Gasteiger partial charge in [-0.2, -0.15) is 0 Å². The second kappa shape index (κ2) is 13.2. The zero-order valence-electron chi connectivity index (χ0n) is 23.8. The number of allylic oxidation sites excluding steroid dienone is 1. The van der Waals surface area contributed by atoms with Crippen LogP contribution in [0.2, 0.25) is 0 Å². The largest absolute Gasteiger partial charge is 0.535 e. The molecule has 1 fully saturated rings. The third-order valence-corrected chi connectivity index (χ3v) is 8.42. The number of nitrogens with zero attached hydrogens (tertiary/aromatic N) is 1. The molecule has 3 rings (SSSR count). The maximum atomic E-state index is 13.5. The fourth-order valence-corrected chi connectivity index (χ4v) is 5.80. The van der Waals surface area contributed by atoms with Gasteiger partial charge < -0.3 is 28.4 Å². The molecule has 0 amide bonds. The monoisotopic (exact) mass is 569 g/mol. The Morgan fingerprint density at radius 3 is 2.13 bits per heavy atom. The molecule has 39 heavy (non-hydrogen) atoms. The van der Waals surface area contributed by atoms with Crippen molar-refractivity contribution < 1.29 is 46.7 Å². The number of carbonyl (C=O) groups is 2. The van der Waals surface area contributed by atoms with Crippen molar-refractivity contribution in [2.24, 2.45) is 11.8 Å². The van der Waals surface area contributed by atoms with E-state index in [9.17, 15) is 14.2 Å². The number of fused-ring (bicyclic) bond motifs is 1. The van der Waals surface area contributed by atoms with Gasteiger partial charge in [0.15, 0.2) is 11.5 Å². The predicted molar refractivity (Wildman–Crippen MR) is 142 cm³/mol. The van der Waals surface area contributed by atoms with Crippen LogP contribution in [0.4, 0.5) is 0 Å². The summed E-state index contributed by atoms with van der Waals surface area (Å²) < 4.78 is 50.9. The van der Waals surface area contributed by atoms with Gasteiger partial charge in [-0.05, 0) is 50.2 Å². The number of rotatable bonds is 13. The van der Waals surface area contributed by atoms with Crippen molar-refractivity contribution in [3.05, 3.63) is 35.6 Å². The van der Waals surface area contributed by atoms with Gasteiger partial charge in [0.05, 0.1) is 26.1 Å². The van der Waals surface area contributed by atoms with Crippen molar-refractivity contribution in [3.8, 4) is 11.5 Å². The first-order chi connectivity index (χ1) is 18.4. The highest BCUT2D eigenvalue weighted by atomic mass is 31.2. The predicted octanol–water partition coefficient (Wildman–Crippen LogP) is 4.79.